The SMILES string of the molecule is c1ccc2c(-c3ccc(N(c4ccc(-c5ccc6c(ccc7c8ccccc8oc67)c5)cc4)c4cccc5c4sc4ccccc45)cc3)cccc2c1. The molecule has 0 aliphatic carbocycles. The van der Waals surface area contributed by atoms with Gasteiger partial charge in [0, 0.05) is 43.0 Å². The van der Waals surface area contributed by atoms with Crippen LogP contribution in [0.5, 0.6) is 0 Å². The molecule has 2 aromatic heterocycles. The van der Waals surface area contributed by atoms with Gasteiger partial charge >= 0.3 is 0 Å². The number of fused-ring (bicyclic) bond motifs is 9. The molecule has 0 amide bonds. The molecule has 0 atom stereocenters. The van der Waals surface area contributed by atoms with Crippen LogP contribution in [-0.2, 0) is 0 Å². The van der Waals surface area contributed by atoms with E-state index in [-0.39, 0.29) is 0 Å². The Morgan fingerprint density at radius 2 is 1.04 bits per heavy atom. The third-order valence-electron chi connectivity index (χ3n) is 10.7. The second-order valence-electron chi connectivity index (χ2n) is 13.7. The largest absolute Gasteiger partial charge is 0.455 e. The Bertz CT molecular complexity index is 3160. The molecule has 0 aliphatic rings. The Morgan fingerprint density at radius 1 is 0.396 bits per heavy atom. The molecule has 0 saturated heterocycles. The van der Waals surface area contributed by atoms with Crippen molar-refractivity contribution in [3.05, 3.63) is 188 Å². The van der Waals surface area contributed by atoms with Crippen LogP contribution in [-0.4, -0.2) is 0 Å². The lowest BCUT2D eigenvalue weighted by Crippen LogP contribution is -2.10. The van der Waals surface area contributed by atoms with E-state index in [2.05, 4.69) is 181 Å². The average molecular weight is 694 g/mol. The highest BCUT2D eigenvalue weighted by molar-refractivity contribution is 7.26. The van der Waals surface area contributed by atoms with Crippen LogP contribution in [0.25, 0.3) is 85.9 Å². The van der Waals surface area contributed by atoms with Gasteiger partial charge in [0.25, 0.3) is 0 Å². The normalized spacial score (nSPS) is 11.8. The van der Waals surface area contributed by atoms with Crippen LogP contribution in [0, 0.1) is 0 Å². The molecule has 0 spiro atoms. The number of rotatable bonds is 5. The fraction of sp³-hybridized carbons (Fsp3) is 0. The van der Waals surface area contributed by atoms with E-state index in [1.807, 2.05) is 23.5 Å². The van der Waals surface area contributed by atoms with Crippen molar-refractivity contribution in [2.45, 2.75) is 0 Å². The maximum Gasteiger partial charge on any atom is 0.143 e. The summed E-state index contributed by atoms with van der Waals surface area (Å²) in [6.07, 6.45) is 0. The molecule has 0 aliphatic heterocycles. The predicted octanol–water partition coefficient (Wildman–Crippen LogP) is 15.1. The van der Waals surface area contributed by atoms with Crippen molar-refractivity contribution in [2.24, 2.45) is 0 Å². The maximum atomic E-state index is 6.33. The van der Waals surface area contributed by atoms with E-state index in [0.29, 0.717) is 0 Å². The van der Waals surface area contributed by atoms with Crippen molar-refractivity contribution in [3.8, 4) is 22.3 Å². The summed E-state index contributed by atoms with van der Waals surface area (Å²) in [6, 6.07) is 68.0. The Balaban J connectivity index is 1.02. The van der Waals surface area contributed by atoms with E-state index in [0.717, 1.165) is 38.7 Å². The van der Waals surface area contributed by atoms with Gasteiger partial charge in [-0.1, -0.05) is 127 Å². The number of hydrogen-bond acceptors (Lipinski definition) is 3. The van der Waals surface area contributed by atoms with E-state index in [1.54, 1.807) is 0 Å². The number of thiophene rings is 1. The predicted molar refractivity (Wildman–Crippen MR) is 227 cm³/mol. The lowest BCUT2D eigenvalue weighted by molar-refractivity contribution is 0.672. The molecule has 2 heterocycles. The first-order chi connectivity index (χ1) is 26.3. The molecule has 9 aromatic carbocycles. The Labute approximate surface area is 310 Å². The Hall–Kier alpha value is -6.68. The van der Waals surface area contributed by atoms with E-state index in [1.165, 1.54) is 64.3 Å². The Morgan fingerprint density at radius 3 is 1.89 bits per heavy atom. The van der Waals surface area contributed by atoms with Crippen molar-refractivity contribution in [1.29, 1.82) is 0 Å². The molecule has 11 aromatic rings. The first-order valence-corrected chi connectivity index (χ1v) is 18.8. The first-order valence-electron chi connectivity index (χ1n) is 18.0. The first kappa shape index (κ1) is 30.0. The average Bonchev–Trinajstić information content (AvgIpc) is 3.81. The topological polar surface area (TPSA) is 16.4 Å². The summed E-state index contributed by atoms with van der Waals surface area (Å²) in [5.74, 6) is 0. The molecule has 2 nitrogen and oxygen atoms in total. The van der Waals surface area contributed by atoms with Gasteiger partial charge in [0.2, 0.25) is 0 Å². The van der Waals surface area contributed by atoms with E-state index >= 15 is 0 Å². The maximum absolute atomic E-state index is 6.33. The minimum atomic E-state index is 0.925. The van der Waals surface area contributed by atoms with Gasteiger partial charge < -0.3 is 9.32 Å². The standard InChI is InChI=1S/C50H31NOS/c1-2-11-39-33(9-1)10-7-14-40(39)34-21-27-38(28-22-34)51(46-16-8-15-45-43-13-4-6-18-48(43)53-50(45)46)37-25-19-32(20-26-37)35-23-29-41-36(31-35)24-30-44-42-12-3-5-17-47(42)52-49(41)44/h1-31H. The van der Waals surface area contributed by atoms with Crippen LogP contribution in [0.3, 0.4) is 0 Å². The number of nitrogens with zero attached hydrogens (tertiary/aromatic N) is 1. The van der Waals surface area contributed by atoms with Gasteiger partial charge in [0.05, 0.1) is 10.4 Å². The highest BCUT2D eigenvalue weighted by Crippen LogP contribution is 2.45. The fourth-order valence-electron chi connectivity index (χ4n) is 8.10. The summed E-state index contributed by atoms with van der Waals surface area (Å²) >= 11 is 1.86. The second kappa shape index (κ2) is 11.9. The molecule has 53 heavy (non-hydrogen) atoms. The lowest BCUT2D eigenvalue weighted by Gasteiger charge is -2.26. The van der Waals surface area contributed by atoms with Gasteiger partial charge in [0.1, 0.15) is 11.2 Å². The number of para-hydroxylation sites is 1. The van der Waals surface area contributed by atoms with Crippen LogP contribution in [0.4, 0.5) is 17.1 Å². The third-order valence-corrected chi connectivity index (χ3v) is 11.9. The molecule has 11 rings (SSSR count). The summed E-state index contributed by atoms with van der Waals surface area (Å²) in [4.78, 5) is 2.41. The van der Waals surface area contributed by atoms with Crippen molar-refractivity contribution in [3.63, 3.8) is 0 Å². The van der Waals surface area contributed by atoms with E-state index in [9.17, 15) is 0 Å². The highest BCUT2D eigenvalue weighted by atomic mass is 32.1. The molecular formula is C50H31NOS. The van der Waals surface area contributed by atoms with Crippen LogP contribution in [0.2, 0.25) is 0 Å². The molecule has 0 radical (unpaired) electrons. The summed E-state index contributed by atoms with van der Waals surface area (Å²) in [5, 5.41) is 9.71. The molecule has 0 fully saturated rings. The smallest absolute Gasteiger partial charge is 0.143 e. The van der Waals surface area contributed by atoms with Crippen LogP contribution in [0.1, 0.15) is 0 Å². The van der Waals surface area contributed by atoms with Crippen molar-refractivity contribution >= 4 is 92.1 Å². The van der Waals surface area contributed by atoms with Gasteiger partial charge in [-0.15, -0.1) is 11.3 Å². The van der Waals surface area contributed by atoms with Crippen LogP contribution in [0.15, 0.2) is 192 Å². The third kappa shape index (κ3) is 4.86. The minimum absolute atomic E-state index is 0.925. The highest BCUT2D eigenvalue weighted by Gasteiger charge is 2.19. The number of anilines is 3. The van der Waals surface area contributed by atoms with Crippen molar-refractivity contribution < 1.29 is 4.42 Å². The van der Waals surface area contributed by atoms with Gasteiger partial charge in [-0.3, -0.25) is 0 Å². The second-order valence-corrected chi connectivity index (χ2v) is 14.7. The van der Waals surface area contributed by atoms with Crippen molar-refractivity contribution in [1.82, 2.24) is 0 Å². The Kier molecular flexibility index (Phi) is 6.76. The summed E-state index contributed by atoms with van der Waals surface area (Å²) in [5.41, 5.74) is 10.1. The lowest BCUT2D eigenvalue weighted by atomic mass is 9.98. The summed E-state index contributed by atoms with van der Waals surface area (Å²) in [7, 11) is 0. The number of furan rings is 1. The number of benzene rings is 9. The number of hydrogen-bond donors (Lipinski definition) is 0. The van der Waals surface area contributed by atoms with Crippen LogP contribution < -0.4 is 4.90 Å². The van der Waals surface area contributed by atoms with Gasteiger partial charge in [0.15, 0.2) is 0 Å². The molecular weight excluding hydrogens is 663 g/mol. The molecule has 0 saturated carbocycles. The van der Waals surface area contributed by atoms with E-state index < -0.39 is 0 Å². The monoisotopic (exact) mass is 693 g/mol. The fourth-order valence-corrected chi connectivity index (χ4v) is 9.30. The van der Waals surface area contributed by atoms with E-state index in [4.69, 9.17) is 4.42 Å². The molecule has 248 valence electrons. The zero-order valence-electron chi connectivity index (χ0n) is 28.7. The van der Waals surface area contributed by atoms with Crippen LogP contribution >= 0.6 is 11.3 Å². The summed E-state index contributed by atoms with van der Waals surface area (Å²) in [6.45, 7) is 0. The van der Waals surface area contributed by atoms with Crippen molar-refractivity contribution in [2.75, 3.05) is 4.90 Å². The molecule has 3 heteroatoms. The van der Waals surface area contributed by atoms with Gasteiger partial charge in [-0.2, -0.15) is 0 Å². The summed E-state index contributed by atoms with van der Waals surface area (Å²) < 4.78 is 8.91. The quantitative estimate of drug-likeness (QED) is 0.178. The zero-order chi connectivity index (χ0) is 34.9. The minimum Gasteiger partial charge on any atom is -0.455 e. The molecule has 0 N–H and O–H groups in total. The molecule has 0 bridgehead atoms. The zero-order valence-corrected chi connectivity index (χ0v) is 29.5. The van der Waals surface area contributed by atoms with Gasteiger partial charge in [-0.05, 0) is 99.1 Å². The molecule has 0 unspecified atom stereocenters. The van der Waals surface area contributed by atoms with Gasteiger partial charge in [-0.25, -0.2) is 0 Å².